The Balaban J connectivity index is 2.14. The fraction of sp³-hybridized carbons (Fsp3) is 0.812. The van der Waals surface area contributed by atoms with Gasteiger partial charge in [0, 0.05) is 25.4 Å². The van der Waals surface area contributed by atoms with Crippen molar-refractivity contribution in [3.05, 3.63) is 11.9 Å². The number of anilines is 1. The minimum absolute atomic E-state index is 0.277. The molecule has 20 heavy (non-hydrogen) atoms. The maximum atomic E-state index is 5.20. The first-order valence-electron chi connectivity index (χ1n) is 7.80. The zero-order chi connectivity index (χ0) is 14.7. The number of methoxy groups -OCH3 is 1. The number of imidazole rings is 1. The van der Waals surface area contributed by atoms with Crippen LogP contribution >= 0.6 is 0 Å². The van der Waals surface area contributed by atoms with Gasteiger partial charge in [-0.25, -0.2) is 4.98 Å². The molecule has 0 aliphatic heterocycles. The number of nitrogens with zero attached hydrogens (tertiary/aromatic N) is 2. The van der Waals surface area contributed by atoms with Crippen molar-refractivity contribution in [1.82, 2.24) is 9.55 Å². The molecule has 0 saturated heterocycles. The van der Waals surface area contributed by atoms with Crippen LogP contribution in [0.15, 0.2) is 6.20 Å². The number of aromatic nitrogens is 2. The Labute approximate surface area is 122 Å². The molecule has 0 bridgehead atoms. The largest absolute Gasteiger partial charge is 0.383 e. The van der Waals surface area contributed by atoms with Crippen molar-refractivity contribution in [2.45, 2.75) is 59.0 Å². The van der Waals surface area contributed by atoms with E-state index in [1.165, 1.54) is 19.3 Å². The molecule has 3 unspecified atom stereocenters. The summed E-state index contributed by atoms with van der Waals surface area (Å²) < 4.78 is 7.56. The van der Waals surface area contributed by atoms with E-state index in [-0.39, 0.29) is 6.04 Å². The summed E-state index contributed by atoms with van der Waals surface area (Å²) in [5, 5.41) is 3.49. The Morgan fingerprint density at radius 3 is 2.60 bits per heavy atom. The van der Waals surface area contributed by atoms with E-state index in [0.717, 1.165) is 23.5 Å². The standard InChI is InChI=1S/C16H29N3O/c1-11-6-12(2)8-15(7-11)19-9-13(3)17-16(19)18-14(4)10-20-5/h9,11-12,14-15H,6-8,10H2,1-5H3,(H,17,18). The van der Waals surface area contributed by atoms with Crippen molar-refractivity contribution in [2.75, 3.05) is 19.0 Å². The van der Waals surface area contributed by atoms with Crippen molar-refractivity contribution in [1.29, 1.82) is 0 Å². The zero-order valence-electron chi connectivity index (χ0n) is 13.5. The molecule has 4 nitrogen and oxygen atoms in total. The predicted molar refractivity (Wildman–Crippen MR) is 83.1 cm³/mol. The topological polar surface area (TPSA) is 39.1 Å². The van der Waals surface area contributed by atoms with Gasteiger partial charge >= 0.3 is 0 Å². The first-order chi connectivity index (χ1) is 9.49. The average molecular weight is 279 g/mol. The van der Waals surface area contributed by atoms with Gasteiger partial charge in [-0.15, -0.1) is 0 Å². The van der Waals surface area contributed by atoms with Gasteiger partial charge in [0.05, 0.1) is 12.3 Å². The van der Waals surface area contributed by atoms with Crippen molar-refractivity contribution >= 4 is 5.95 Å². The minimum atomic E-state index is 0.277. The summed E-state index contributed by atoms with van der Waals surface area (Å²) in [6.07, 6.45) is 6.06. The van der Waals surface area contributed by atoms with Crippen LogP contribution in [0.2, 0.25) is 0 Å². The quantitative estimate of drug-likeness (QED) is 0.894. The van der Waals surface area contributed by atoms with Crippen LogP contribution in [0, 0.1) is 18.8 Å². The molecule has 0 spiro atoms. The van der Waals surface area contributed by atoms with Crippen LogP contribution in [-0.2, 0) is 4.74 Å². The second kappa shape index (κ2) is 6.61. The highest BCUT2D eigenvalue weighted by Gasteiger charge is 2.27. The van der Waals surface area contributed by atoms with E-state index < -0.39 is 0 Å². The monoisotopic (exact) mass is 279 g/mol. The van der Waals surface area contributed by atoms with Gasteiger partial charge in [0.15, 0.2) is 0 Å². The van der Waals surface area contributed by atoms with Gasteiger partial charge in [-0.05, 0) is 44.9 Å². The molecule has 3 atom stereocenters. The fourth-order valence-corrected chi connectivity index (χ4v) is 3.54. The number of hydrogen-bond donors (Lipinski definition) is 1. The lowest BCUT2D eigenvalue weighted by molar-refractivity contribution is 0.189. The highest BCUT2D eigenvalue weighted by Crippen LogP contribution is 2.37. The Hall–Kier alpha value is -1.03. The lowest BCUT2D eigenvalue weighted by atomic mass is 9.80. The highest BCUT2D eigenvalue weighted by molar-refractivity contribution is 5.31. The third-order valence-corrected chi connectivity index (χ3v) is 4.19. The fourth-order valence-electron chi connectivity index (χ4n) is 3.54. The van der Waals surface area contributed by atoms with Gasteiger partial charge < -0.3 is 14.6 Å². The number of hydrogen-bond acceptors (Lipinski definition) is 3. The van der Waals surface area contributed by atoms with Crippen LogP contribution in [0.25, 0.3) is 0 Å². The third kappa shape index (κ3) is 3.75. The Morgan fingerprint density at radius 1 is 1.35 bits per heavy atom. The molecule has 1 heterocycles. The van der Waals surface area contributed by atoms with E-state index in [1.54, 1.807) is 7.11 Å². The van der Waals surface area contributed by atoms with Crippen molar-refractivity contribution < 1.29 is 4.74 Å². The summed E-state index contributed by atoms with van der Waals surface area (Å²) in [6, 6.07) is 0.853. The van der Waals surface area contributed by atoms with Crippen molar-refractivity contribution in [3.8, 4) is 0 Å². The molecule has 1 N–H and O–H groups in total. The van der Waals surface area contributed by atoms with Crippen molar-refractivity contribution in [2.24, 2.45) is 11.8 Å². The second-order valence-corrected chi connectivity index (χ2v) is 6.69. The summed E-state index contributed by atoms with van der Waals surface area (Å²) in [6.45, 7) is 9.63. The highest BCUT2D eigenvalue weighted by atomic mass is 16.5. The molecular weight excluding hydrogens is 250 g/mol. The van der Waals surface area contributed by atoms with Crippen LogP contribution in [0.4, 0.5) is 5.95 Å². The van der Waals surface area contributed by atoms with E-state index >= 15 is 0 Å². The van der Waals surface area contributed by atoms with Crippen LogP contribution < -0.4 is 5.32 Å². The maximum Gasteiger partial charge on any atom is 0.203 e. The normalized spacial score (nSPS) is 28.4. The minimum Gasteiger partial charge on any atom is -0.383 e. The van der Waals surface area contributed by atoms with E-state index in [0.29, 0.717) is 12.6 Å². The van der Waals surface area contributed by atoms with Crippen LogP contribution in [0.1, 0.15) is 51.8 Å². The smallest absolute Gasteiger partial charge is 0.203 e. The third-order valence-electron chi connectivity index (χ3n) is 4.19. The lowest BCUT2D eigenvalue weighted by Crippen LogP contribution is -2.27. The van der Waals surface area contributed by atoms with Gasteiger partial charge in [0.1, 0.15) is 0 Å². The molecule has 4 heteroatoms. The summed E-state index contributed by atoms with van der Waals surface area (Å²) in [5.74, 6) is 2.60. The first kappa shape index (κ1) is 15.4. The SMILES string of the molecule is COCC(C)Nc1nc(C)cn1C1CC(C)CC(C)C1. The number of rotatable bonds is 5. The van der Waals surface area contributed by atoms with Crippen molar-refractivity contribution in [3.63, 3.8) is 0 Å². The zero-order valence-corrected chi connectivity index (χ0v) is 13.5. The Morgan fingerprint density at radius 2 is 2.00 bits per heavy atom. The van der Waals surface area contributed by atoms with Crippen LogP contribution in [-0.4, -0.2) is 29.3 Å². The molecule has 0 aromatic carbocycles. The molecule has 1 aromatic heterocycles. The molecule has 1 aromatic rings. The summed E-state index contributed by atoms with van der Waals surface area (Å²) in [4.78, 5) is 4.65. The molecular formula is C16H29N3O. The van der Waals surface area contributed by atoms with E-state index in [1.807, 2.05) is 0 Å². The molecule has 1 fully saturated rings. The van der Waals surface area contributed by atoms with Crippen LogP contribution in [0.3, 0.4) is 0 Å². The van der Waals surface area contributed by atoms with Gasteiger partial charge in [-0.1, -0.05) is 13.8 Å². The Kier molecular flexibility index (Phi) is 5.08. The number of aryl methyl sites for hydroxylation is 1. The van der Waals surface area contributed by atoms with Gasteiger partial charge in [-0.3, -0.25) is 0 Å². The molecule has 1 aliphatic carbocycles. The molecule has 1 aliphatic rings. The Bertz CT molecular complexity index is 419. The molecule has 0 radical (unpaired) electrons. The van der Waals surface area contributed by atoms with Gasteiger partial charge in [-0.2, -0.15) is 0 Å². The van der Waals surface area contributed by atoms with Gasteiger partial charge in [0.2, 0.25) is 5.95 Å². The van der Waals surface area contributed by atoms with E-state index in [2.05, 4.69) is 48.8 Å². The summed E-state index contributed by atoms with van der Waals surface area (Å²) >= 11 is 0. The van der Waals surface area contributed by atoms with Gasteiger partial charge in [0.25, 0.3) is 0 Å². The second-order valence-electron chi connectivity index (χ2n) is 6.69. The average Bonchev–Trinajstić information content (AvgIpc) is 2.69. The van der Waals surface area contributed by atoms with E-state index in [4.69, 9.17) is 4.74 Å². The molecule has 114 valence electrons. The lowest BCUT2D eigenvalue weighted by Gasteiger charge is -2.33. The maximum absolute atomic E-state index is 5.20. The molecule has 0 amide bonds. The van der Waals surface area contributed by atoms with Crippen LogP contribution in [0.5, 0.6) is 0 Å². The summed E-state index contributed by atoms with van der Waals surface area (Å²) in [7, 11) is 1.74. The number of ether oxygens (including phenoxy) is 1. The van der Waals surface area contributed by atoms with E-state index in [9.17, 15) is 0 Å². The first-order valence-corrected chi connectivity index (χ1v) is 7.80. The molecule has 1 saturated carbocycles. The molecule has 2 rings (SSSR count). The number of nitrogens with one attached hydrogen (secondary N) is 1. The predicted octanol–water partition coefficient (Wildman–Crippen LogP) is 3.64. The summed E-state index contributed by atoms with van der Waals surface area (Å²) in [5.41, 5.74) is 1.09.